The number of hydrogen-bond acceptors (Lipinski definition) is 4. The fraction of sp³-hybridized carbons (Fsp3) is 0.733. The number of carboxylic acid groups (broad SMARTS) is 1. The molecule has 7 heteroatoms. The molecule has 5 nitrogen and oxygen atoms in total. The lowest BCUT2D eigenvalue weighted by atomic mass is 9.66. The minimum Gasteiger partial charge on any atom is -0.477 e. The maximum Gasteiger partial charge on any atom is 0.353 e. The summed E-state index contributed by atoms with van der Waals surface area (Å²) >= 11 is 1.47. The van der Waals surface area contributed by atoms with E-state index in [4.69, 9.17) is 4.43 Å². The van der Waals surface area contributed by atoms with E-state index >= 15 is 0 Å². The summed E-state index contributed by atoms with van der Waals surface area (Å²) in [4.78, 5) is 26.3. The minimum atomic E-state index is -1.36. The van der Waals surface area contributed by atoms with Crippen molar-refractivity contribution in [3.8, 4) is 0 Å². The van der Waals surface area contributed by atoms with Crippen molar-refractivity contribution in [2.45, 2.75) is 58.7 Å². The molecule has 2 aliphatic heterocycles. The minimum absolute atomic E-state index is 0.126. The van der Waals surface area contributed by atoms with Crippen LogP contribution in [-0.4, -0.2) is 41.9 Å². The van der Waals surface area contributed by atoms with Crippen molar-refractivity contribution in [1.82, 2.24) is 4.90 Å². The molecule has 1 unspecified atom stereocenters. The van der Waals surface area contributed by atoms with E-state index in [1.165, 1.54) is 16.7 Å². The maximum atomic E-state index is 12.7. The Morgan fingerprint density at radius 3 is 2.27 bits per heavy atom. The zero-order valence-electron chi connectivity index (χ0n) is 14.3. The number of thioether (sulfide) groups is 1. The number of β-lactam (4-membered cyclic amide) rings is 1. The van der Waals surface area contributed by atoms with Gasteiger partial charge < -0.3 is 9.53 Å². The number of nitrogens with zero attached hydrogens (tertiary/aromatic N) is 1. The summed E-state index contributed by atoms with van der Waals surface area (Å²) in [5.41, 5.74) is -0.668. The number of fused-ring (bicyclic) bond motifs is 1. The lowest BCUT2D eigenvalue weighted by Gasteiger charge is -2.56. The number of allylic oxidation sites excluding steroid dienone is 1. The SMILES string of the molecule is CC1=C(C(=O)O)N2C(=O)[C@H](C(C)(O[SiH](C)C)C(C)(C)C)[C@H]2S1. The maximum absolute atomic E-state index is 12.7. The zero-order valence-corrected chi connectivity index (χ0v) is 16.2. The third-order valence-corrected chi connectivity index (χ3v) is 6.91. The quantitative estimate of drug-likeness (QED) is 0.628. The van der Waals surface area contributed by atoms with Crippen LogP contribution >= 0.6 is 11.8 Å². The highest BCUT2D eigenvalue weighted by Crippen LogP contribution is 2.56. The average molecular weight is 344 g/mol. The summed E-state index contributed by atoms with van der Waals surface area (Å²) < 4.78 is 6.33. The predicted molar refractivity (Wildman–Crippen MR) is 89.9 cm³/mol. The molecule has 1 fully saturated rings. The molecule has 0 aromatic rings. The van der Waals surface area contributed by atoms with Gasteiger partial charge in [0.25, 0.3) is 0 Å². The van der Waals surface area contributed by atoms with Crippen LogP contribution in [0.25, 0.3) is 0 Å². The Morgan fingerprint density at radius 2 is 1.86 bits per heavy atom. The molecule has 0 aromatic carbocycles. The number of amides is 1. The Hall–Kier alpha value is -0.793. The number of aliphatic carboxylic acids is 1. The van der Waals surface area contributed by atoms with Crippen LogP contribution in [-0.2, 0) is 14.0 Å². The molecule has 0 aromatic heterocycles. The molecule has 124 valence electrons. The van der Waals surface area contributed by atoms with Crippen molar-refractivity contribution < 1.29 is 19.1 Å². The van der Waals surface area contributed by atoms with E-state index < -0.39 is 20.6 Å². The average Bonchev–Trinajstić information content (AvgIpc) is 2.60. The molecule has 1 saturated heterocycles. The van der Waals surface area contributed by atoms with Gasteiger partial charge in [0.1, 0.15) is 11.1 Å². The van der Waals surface area contributed by atoms with E-state index in [1.807, 2.05) is 6.92 Å². The van der Waals surface area contributed by atoms with Gasteiger partial charge in [-0.2, -0.15) is 0 Å². The second-order valence-electron chi connectivity index (χ2n) is 7.43. The van der Waals surface area contributed by atoms with Crippen molar-refractivity contribution in [2.24, 2.45) is 11.3 Å². The largest absolute Gasteiger partial charge is 0.477 e. The van der Waals surface area contributed by atoms with Crippen molar-refractivity contribution in [3.05, 3.63) is 10.6 Å². The van der Waals surface area contributed by atoms with Crippen LogP contribution in [0.5, 0.6) is 0 Å². The second kappa shape index (κ2) is 5.38. The van der Waals surface area contributed by atoms with Gasteiger partial charge in [0, 0.05) is 4.91 Å². The molecule has 2 aliphatic rings. The van der Waals surface area contributed by atoms with Gasteiger partial charge in [-0.25, -0.2) is 4.79 Å². The molecule has 22 heavy (non-hydrogen) atoms. The van der Waals surface area contributed by atoms with Crippen molar-refractivity contribution in [1.29, 1.82) is 0 Å². The van der Waals surface area contributed by atoms with Gasteiger partial charge in [0.2, 0.25) is 5.91 Å². The van der Waals surface area contributed by atoms with Gasteiger partial charge in [-0.05, 0) is 32.4 Å². The molecule has 0 spiro atoms. The van der Waals surface area contributed by atoms with Crippen LogP contribution in [0.1, 0.15) is 34.6 Å². The molecule has 1 N–H and O–H groups in total. The highest BCUT2D eigenvalue weighted by molar-refractivity contribution is 8.04. The molecule has 2 rings (SSSR count). The van der Waals surface area contributed by atoms with Crippen LogP contribution < -0.4 is 0 Å². The Balaban J connectivity index is 2.36. The molecular formula is C15H25NO4SSi. The van der Waals surface area contributed by atoms with E-state index in [0.717, 1.165) is 0 Å². The highest BCUT2D eigenvalue weighted by Gasteiger charge is 2.64. The summed E-state index contributed by atoms with van der Waals surface area (Å²) in [5.74, 6) is -1.46. The van der Waals surface area contributed by atoms with Crippen LogP contribution in [0.2, 0.25) is 13.1 Å². The molecule has 3 atom stereocenters. The smallest absolute Gasteiger partial charge is 0.353 e. The van der Waals surface area contributed by atoms with Gasteiger partial charge in [-0.1, -0.05) is 20.8 Å². The second-order valence-corrected chi connectivity index (χ2v) is 11.1. The highest BCUT2D eigenvalue weighted by atomic mass is 32.2. The van der Waals surface area contributed by atoms with E-state index in [-0.39, 0.29) is 28.3 Å². The van der Waals surface area contributed by atoms with Gasteiger partial charge in [-0.15, -0.1) is 11.8 Å². The summed E-state index contributed by atoms with van der Waals surface area (Å²) in [6.45, 7) is 14.2. The molecule has 1 amide bonds. The van der Waals surface area contributed by atoms with Crippen LogP contribution in [0.3, 0.4) is 0 Å². The topological polar surface area (TPSA) is 66.8 Å². The first kappa shape index (κ1) is 17.6. The number of carbonyl (C=O) groups is 2. The van der Waals surface area contributed by atoms with E-state index in [9.17, 15) is 14.7 Å². The summed E-state index contributed by atoms with van der Waals surface area (Å²) in [6, 6.07) is 0. The fourth-order valence-corrected chi connectivity index (χ4v) is 6.16. The first-order chi connectivity index (χ1) is 9.91. The van der Waals surface area contributed by atoms with Crippen LogP contribution in [0.4, 0.5) is 0 Å². The lowest BCUT2D eigenvalue weighted by Crippen LogP contribution is -2.69. The van der Waals surface area contributed by atoms with E-state index in [0.29, 0.717) is 4.91 Å². The molecule has 0 saturated carbocycles. The van der Waals surface area contributed by atoms with Crippen molar-refractivity contribution in [3.63, 3.8) is 0 Å². The van der Waals surface area contributed by atoms with E-state index in [2.05, 4.69) is 33.9 Å². The molecular weight excluding hydrogens is 318 g/mol. The summed E-state index contributed by atoms with van der Waals surface area (Å²) in [5, 5.41) is 9.17. The third-order valence-electron chi connectivity index (χ3n) is 4.68. The fourth-order valence-electron chi connectivity index (χ4n) is 3.20. The molecule has 0 aliphatic carbocycles. The monoisotopic (exact) mass is 343 g/mol. The standard InChI is InChI=1S/C15H25NO4SSi/c1-8-10(13(18)19)16-11(17)9(12(16)21-8)15(5,14(2,3)4)20-22(6)7/h9,12,22H,1-7H3,(H,18,19)/t9-,12+,15?/m0/s1. The molecule has 0 bridgehead atoms. The summed E-state index contributed by atoms with van der Waals surface area (Å²) in [7, 11) is -1.36. The third kappa shape index (κ3) is 2.43. The normalized spacial score (nSPS) is 27.8. The van der Waals surface area contributed by atoms with Crippen molar-refractivity contribution >= 4 is 32.7 Å². The van der Waals surface area contributed by atoms with Crippen LogP contribution in [0.15, 0.2) is 10.6 Å². The first-order valence-corrected chi connectivity index (χ1v) is 11.2. The van der Waals surface area contributed by atoms with Gasteiger partial charge in [-0.3, -0.25) is 9.69 Å². The number of rotatable bonds is 4. The van der Waals surface area contributed by atoms with Crippen molar-refractivity contribution in [2.75, 3.05) is 0 Å². The molecule has 2 heterocycles. The van der Waals surface area contributed by atoms with Gasteiger partial charge in [0.15, 0.2) is 9.04 Å². The van der Waals surface area contributed by atoms with Gasteiger partial charge in [0.05, 0.1) is 11.5 Å². The van der Waals surface area contributed by atoms with Gasteiger partial charge >= 0.3 is 5.97 Å². The Kier molecular flexibility index (Phi) is 4.30. The summed E-state index contributed by atoms with van der Waals surface area (Å²) in [6.07, 6.45) is 0. The molecule has 0 radical (unpaired) electrons. The Morgan fingerprint density at radius 1 is 1.32 bits per heavy atom. The first-order valence-electron chi connectivity index (χ1n) is 7.53. The van der Waals surface area contributed by atoms with Crippen LogP contribution in [0, 0.1) is 11.3 Å². The zero-order chi connectivity index (χ0) is 17.0. The number of hydrogen-bond donors (Lipinski definition) is 1. The number of carboxylic acids is 1. The van der Waals surface area contributed by atoms with E-state index in [1.54, 1.807) is 6.92 Å². The lowest BCUT2D eigenvalue weighted by molar-refractivity contribution is -0.173. The number of carbonyl (C=O) groups excluding carboxylic acids is 1. The Bertz CT molecular complexity index is 554. The predicted octanol–water partition coefficient (Wildman–Crippen LogP) is 2.64. The Labute approximate surface area is 137 Å².